The van der Waals surface area contributed by atoms with Gasteiger partial charge in [0.25, 0.3) is 0 Å². The topological polar surface area (TPSA) is 93.2 Å². The number of hydrogen-bond donors (Lipinski definition) is 2. The zero-order chi connectivity index (χ0) is 18.4. The molecule has 1 aromatic heterocycles. The first-order valence-electron chi connectivity index (χ1n) is 8.99. The third-order valence-electron chi connectivity index (χ3n) is 4.68. The van der Waals surface area contributed by atoms with Crippen LogP contribution in [0.25, 0.3) is 0 Å². The number of hydrogen-bond acceptors (Lipinski definition) is 3. The summed E-state index contributed by atoms with van der Waals surface area (Å²) in [5, 5.41) is 3.00. The quantitative estimate of drug-likeness (QED) is 0.822. The second-order valence-electron chi connectivity index (χ2n) is 6.63. The number of rotatable bonds is 6. The predicted molar refractivity (Wildman–Crippen MR) is 98.5 cm³/mol. The van der Waals surface area contributed by atoms with Gasteiger partial charge in [0.2, 0.25) is 5.91 Å². The van der Waals surface area contributed by atoms with Crippen LogP contribution in [0.1, 0.15) is 30.1 Å². The standard InChI is InChI=1S/C19H25N5O2/c20-17(25)14-23-12-10-21-18(23)16-7-4-11-24(13-16)19(26)22-9-8-15-5-2-1-3-6-15/h1-3,5-6,10,12,16H,4,7-9,11,13-14H2,(H2,20,25)(H,22,26)/t16-/m0/s1. The van der Waals surface area contributed by atoms with E-state index in [0.29, 0.717) is 13.1 Å². The molecule has 26 heavy (non-hydrogen) atoms. The van der Waals surface area contributed by atoms with E-state index in [0.717, 1.165) is 31.6 Å². The maximum Gasteiger partial charge on any atom is 0.317 e. The van der Waals surface area contributed by atoms with Gasteiger partial charge in [-0.25, -0.2) is 9.78 Å². The van der Waals surface area contributed by atoms with Gasteiger partial charge < -0.3 is 20.5 Å². The average molecular weight is 355 g/mol. The molecule has 1 aliphatic heterocycles. The van der Waals surface area contributed by atoms with Gasteiger partial charge in [-0.15, -0.1) is 0 Å². The minimum Gasteiger partial charge on any atom is -0.368 e. The van der Waals surface area contributed by atoms with Crippen LogP contribution in [0.15, 0.2) is 42.7 Å². The second-order valence-corrected chi connectivity index (χ2v) is 6.63. The monoisotopic (exact) mass is 355 g/mol. The number of benzene rings is 1. The number of piperidine rings is 1. The molecular formula is C19H25N5O2. The zero-order valence-electron chi connectivity index (χ0n) is 14.8. The molecule has 1 aromatic carbocycles. The zero-order valence-corrected chi connectivity index (χ0v) is 14.8. The van der Waals surface area contributed by atoms with E-state index in [9.17, 15) is 9.59 Å². The van der Waals surface area contributed by atoms with Gasteiger partial charge in [-0.1, -0.05) is 30.3 Å². The summed E-state index contributed by atoms with van der Waals surface area (Å²) in [6.07, 6.45) is 6.12. The van der Waals surface area contributed by atoms with Crippen molar-refractivity contribution < 1.29 is 9.59 Å². The lowest BCUT2D eigenvalue weighted by molar-refractivity contribution is -0.118. The number of urea groups is 1. The van der Waals surface area contributed by atoms with E-state index in [1.807, 2.05) is 23.1 Å². The van der Waals surface area contributed by atoms with E-state index in [1.54, 1.807) is 17.0 Å². The van der Waals surface area contributed by atoms with E-state index < -0.39 is 5.91 Å². The molecule has 3 N–H and O–H groups in total. The number of nitrogens with zero attached hydrogens (tertiary/aromatic N) is 3. The Morgan fingerprint density at radius 3 is 2.85 bits per heavy atom. The van der Waals surface area contributed by atoms with E-state index in [1.165, 1.54) is 5.56 Å². The fourth-order valence-corrected chi connectivity index (χ4v) is 3.42. The SMILES string of the molecule is NC(=O)Cn1ccnc1[C@H]1CCCN(C(=O)NCCc2ccccc2)C1. The summed E-state index contributed by atoms with van der Waals surface area (Å²) < 4.78 is 1.78. The van der Waals surface area contributed by atoms with Crippen molar-refractivity contribution in [2.24, 2.45) is 5.73 Å². The van der Waals surface area contributed by atoms with E-state index in [2.05, 4.69) is 22.4 Å². The Kier molecular flexibility index (Phi) is 5.88. The number of imidazole rings is 1. The van der Waals surface area contributed by atoms with Crippen molar-refractivity contribution in [2.45, 2.75) is 31.7 Å². The summed E-state index contributed by atoms with van der Waals surface area (Å²) in [5.74, 6) is 0.555. The molecular weight excluding hydrogens is 330 g/mol. The van der Waals surface area contributed by atoms with Crippen LogP contribution >= 0.6 is 0 Å². The van der Waals surface area contributed by atoms with Crippen LogP contribution in [-0.4, -0.2) is 46.0 Å². The van der Waals surface area contributed by atoms with Crippen LogP contribution in [-0.2, 0) is 17.8 Å². The van der Waals surface area contributed by atoms with Crippen LogP contribution in [0.2, 0.25) is 0 Å². The van der Waals surface area contributed by atoms with Crippen molar-refractivity contribution in [2.75, 3.05) is 19.6 Å². The lowest BCUT2D eigenvalue weighted by Crippen LogP contribution is -2.45. The summed E-state index contributed by atoms with van der Waals surface area (Å²) in [6, 6.07) is 10.1. The molecule has 7 nitrogen and oxygen atoms in total. The largest absolute Gasteiger partial charge is 0.368 e. The Hall–Kier alpha value is -2.83. The smallest absolute Gasteiger partial charge is 0.317 e. The molecule has 2 heterocycles. The molecule has 3 amide bonds. The normalized spacial score (nSPS) is 17.1. The maximum atomic E-state index is 12.5. The Bertz CT molecular complexity index is 743. The van der Waals surface area contributed by atoms with Crippen LogP contribution < -0.4 is 11.1 Å². The number of nitrogens with one attached hydrogen (secondary N) is 1. The van der Waals surface area contributed by atoms with Gasteiger partial charge >= 0.3 is 6.03 Å². The highest BCUT2D eigenvalue weighted by molar-refractivity contribution is 5.74. The van der Waals surface area contributed by atoms with Crippen molar-refractivity contribution >= 4 is 11.9 Å². The number of nitrogens with two attached hydrogens (primary N) is 1. The molecule has 1 saturated heterocycles. The van der Waals surface area contributed by atoms with E-state index in [-0.39, 0.29) is 18.5 Å². The molecule has 0 saturated carbocycles. The van der Waals surface area contributed by atoms with E-state index in [4.69, 9.17) is 5.73 Å². The summed E-state index contributed by atoms with van der Waals surface area (Å²) in [7, 11) is 0. The van der Waals surface area contributed by atoms with E-state index >= 15 is 0 Å². The van der Waals surface area contributed by atoms with Gasteiger partial charge in [-0.2, -0.15) is 0 Å². The number of aromatic nitrogens is 2. The number of carbonyl (C=O) groups is 2. The average Bonchev–Trinajstić information content (AvgIpc) is 3.10. The number of amides is 3. The number of carbonyl (C=O) groups excluding carboxylic acids is 2. The first kappa shape index (κ1) is 18.0. The summed E-state index contributed by atoms with van der Waals surface area (Å²) in [4.78, 5) is 29.9. The van der Waals surface area contributed by atoms with Gasteiger partial charge in [0, 0.05) is 37.9 Å². The molecule has 0 spiro atoms. The van der Waals surface area contributed by atoms with Crippen LogP contribution in [0.4, 0.5) is 4.79 Å². The number of primary amides is 1. The van der Waals surface area contributed by atoms with Crippen LogP contribution in [0, 0.1) is 0 Å². The highest BCUT2D eigenvalue weighted by Crippen LogP contribution is 2.25. The fourth-order valence-electron chi connectivity index (χ4n) is 3.42. The first-order chi connectivity index (χ1) is 12.6. The van der Waals surface area contributed by atoms with Crippen molar-refractivity contribution in [3.63, 3.8) is 0 Å². The fraction of sp³-hybridized carbons (Fsp3) is 0.421. The highest BCUT2D eigenvalue weighted by Gasteiger charge is 2.27. The number of likely N-dealkylation sites (tertiary alicyclic amines) is 1. The minimum atomic E-state index is -0.393. The first-order valence-corrected chi connectivity index (χ1v) is 8.99. The van der Waals surface area contributed by atoms with Gasteiger partial charge in [-0.3, -0.25) is 4.79 Å². The van der Waals surface area contributed by atoms with Gasteiger partial charge in [0.1, 0.15) is 12.4 Å². The van der Waals surface area contributed by atoms with Crippen molar-refractivity contribution in [3.05, 3.63) is 54.1 Å². The maximum absolute atomic E-state index is 12.5. The molecule has 1 fully saturated rings. The molecule has 0 radical (unpaired) electrons. The third-order valence-corrected chi connectivity index (χ3v) is 4.68. The Balaban J connectivity index is 1.54. The van der Waals surface area contributed by atoms with Gasteiger partial charge in [-0.05, 0) is 24.8 Å². The molecule has 1 atom stereocenters. The van der Waals surface area contributed by atoms with Crippen molar-refractivity contribution in [3.8, 4) is 0 Å². The third kappa shape index (κ3) is 4.62. The van der Waals surface area contributed by atoms with Gasteiger partial charge in [0.05, 0.1) is 0 Å². The molecule has 0 unspecified atom stereocenters. The Morgan fingerprint density at radius 1 is 1.27 bits per heavy atom. The Labute approximate surface area is 153 Å². The van der Waals surface area contributed by atoms with Gasteiger partial charge in [0.15, 0.2) is 0 Å². The summed E-state index contributed by atoms with van der Waals surface area (Å²) >= 11 is 0. The molecule has 0 aliphatic carbocycles. The lowest BCUT2D eigenvalue weighted by atomic mass is 9.97. The van der Waals surface area contributed by atoms with Crippen molar-refractivity contribution in [1.29, 1.82) is 0 Å². The second kappa shape index (κ2) is 8.51. The molecule has 1 aliphatic rings. The molecule has 3 rings (SSSR count). The summed E-state index contributed by atoms with van der Waals surface area (Å²) in [6.45, 7) is 2.08. The molecule has 2 aromatic rings. The van der Waals surface area contributed by atoms with Crippen LogP contribution in [0.3, 0.4) is 0 Å². The minimum absolute atomic E-state index is 0.0429. The van der Waals surface area contributed by atoms with Crippen molar-refractivity contribution in [1.82, 2.24) is 19.8 Å². The summed E-state index contributed by atoms with van der Waals surface area (Å²) in [5.41, 5.74) is 6.50. The molecule has 138 valence electrons. The highest BCUT2D eigenvalue weighted by atomic mass is 16.2. The Morgan fingerprint density at radius 2 is 2.08 bits per heavy atom. The van der Waals surface area contributed by atoms with Crippen LogP contribution in [0.5, 0.6) is 0 Å². The lowest BCUT2D eigenvalue weighted by Gasteiger charge is -2.32. The predicted octanol–water partition coefficient (Wildman–Crippen LogP) is 1.50. The molecule has 7 heteroatoms. The molecule has 0 bridgehead atoms.